The van der Waals surface area contributed by atoms with Crippen molar-refractivity contribution in [2.24, 2.45) is 0 Å². The molecule has 1 nitrogen and oxygen atoms in total. The Morgan fingerprint density at radius 3 is 1.89 bits per heavy atom. The fourth-order valence-corrected chi connectivity index (χ4v) is 0.258. The number of alkyl halides is 4. The van der Waals surface area contributed by atoms with E-state index in [1.54, 1.807) is 0 Å². The van der Waals surface area contributed by atoms with Gasteiger partial charge in [-0.3, -0.25) is 0 Å². The van der Waals surface area contributed by atoms with Crippen LogP contribution in [0.5, 0.6) is 0 Å². The molecule has 0 amide bonds. The Bertz CT molecular complexity index is 82.6. The Hall–Kier alpha value is -0.320. The van der Waals surface area contributed by atoms with Gasteiger partial charge in [-0.1, -0.05) is 0 Å². The first-order chi connectivity index (χ1) is 4.00. The van der Waals surface area contributed by atoms with Crippen molar-refractivity contribution in [3.05, 3.63) is 0 Å². The molecule has 0 radical (unpaired) electrons. The van der Waals surface area contributed by atoms with Gasteiger partial charge in [0, 0.05) is 13.0 Å². The third kappa shape index (κ3) is 2.64. The molecular weight excluding hydrogens is 140 g/mol. The van der Waals surface area contributed by atoms with Crippen molar-refractivity contribution in [1.29, 1.82) is 0 Å². The van der Waals surface area contributed by atoms with Crippen LogP contribution >= 0.6 is 0 Å². The van der Waals surface area contributed by atoms with Crippen LogP contribution in [0.2, 0.25) is 0 Å². The molecule has 0 heterocycles. The third-order valence-corrected chi connectivity index (χ3v) is 0.764. The molecule has 0 fully saturated rings. The predicted molar refractivity (Wildman–Crippen MR) is 22.7 cm³/mol. The van der Waals surface area contributed by atoms with Crippen LogP contribution in [0.15, 0.2) is 0 Å². The molecule has 0 bridgehead atoms. The molecule has 0 saturated carbocycles. The Morgan fingerprint density at radius 2 is 1.78 bits per heavy atom. The summed E-state index contributed by atoms with van der Waals surface area (Å²) < 4.78 is 45.6. The van der Waals surface area contributed by atoms with E-state index >= 15 is 0 Å². The summed E-state index contributed by atoms with van der Waals surface area (Å²) in [6, 6.07) is 0. The largest absolute Gasteiger partial charge is 0.396 e. The van der Waals surface area contributed by atoms with Crippen molar-refractivity contribution in [2.45, 2.75) is 18.8 Å². The van der Waals surface area contributed by atoms with Gasteiger partial charge in [-0.05, 0) is 0 Å². The van der Waals surface area contributed by atoms with Crippen LogP contribution in [0.25, 0.3) is 0 Å². The Kier molecular flexibility index (Phi) is 2.90. The molecule has 0 aromatic rings. The molecule has 0 saturated heterocycles. The number of hydrogen-bond acceptors (Lipinski definition) is 1. The molecule has 5 heteroatoms. The van der Waals surface area contributed by atoms with Crippen molar-refractivity contribution < 1.29 is 22.7 Å². The minimum Gasteiger partial charge on any atom is -0.396 e. The van der Waals surface area contributed by atoms with Gasteiger partial charge in [-0.25, -0.2) is 17.6 Å². The van der Waals surface area contributed by atoms with Gasteiger partial charge in [0.15, 0.2) is 0 Å². The second kappa shape index (κ2) is 3.00. The van der Waals surface area contributed by atoms with E-state index in [-0.39, 0.29) is 0 Å². The lowest BCUT2D eigenvalue weighted by Crippen LogP contribution is -2.27. The summed E-state index contributed by atoms with van der Waals surface area (Å²) in [4.78, 5) is 0. The van der Waals surface area contributed by atoms with Gasteiger partial charge in [0.1, 0.15) is 0 Å². The maximum atomic E-state index is 11.6. The molecule has 0 aromatic heterocycles. The molecule has 1 N–H and O–H groups in total. The summed E-state index contributed by atoms with van der Waals surface area (Å²) in [6.45, 7) is -0.919. The molecule has 56 valence electrons. The topological polar surface area (TPSA) is 20.2 Å². The maximum absolute atomic E-state index is 11.6. The lowest BCUT2D eigenvalue weighted by atomic mass is 10.2. The van der Waals surface area contributed by atoms with Crippen LogP contribution in [0.3, 0.4) is 0 Å². The molecule has 0 aliphatic rings. The molecule has 0 atom stereocenters. The van der Waals surface area contributed by atoms with Gasteiger partial charge in [-0.2, -0.15) is 0 Å². The van der Waals surface area contributed by atoms with E-state index in [2.05, 4.69) is 0 Å². The van der Waals surface area contributed by atoms with Crippen LogP contribution in [-0.2, 0) is 0 Å². The summed E-state index contributed by atoms with van der Waals surface area (Å²) in [5.74, 6) is -4.03. The first-order valence-corrected chi connectivity index (χ1v) is 2.27. The minimum atomic E-state index is -4.03. The first kappa shape index (κ1) is 8.68. The van der Waals surface area contributed by atoms with E-state index in [0.717, 1.165) is 0 Å². The monoisotopic (exact) mass is 146 g/mol. The second-order valence-corrected chi connectivity index (χ2v) is 1.54. The van der Waals surface area contributed by atoms with E-state index in [0.29, 0.717) is 0 Å². The SMILES string of the molecule is OCCC(F)(F)C(F)F. The van der Waals surface area contributed by atoms with Crippen LogP contribution < -0.4 is 0 Å². The van der Waals surface area contributed by atoms with Crippen molar-refractivity contribution in [3.63, 3.8) is 0 Å². The zero-order valence-corrected chi connectivity index (χ0v) is 4.45. The van der Waals surface area contributed by atoms with Gasteiger partial charge >= 0.3 is 12.3 Å². The van der Waals surface area contributed by atoms with E-state index < -0.39 is 25.4 Å². The van der Waals surface area contributed by atoms with Crippen molar-refractivity contribution in [2.75, 3.05) is 6.61 Å². The number of aliphatic hydroxyl groups excluding tert-OH is 1. The van der Waals surface area contributed by atoms with E-state index in [1.165, 1.54) is 0 Å². The molecule has 9 heavy (non-hydrogen) atoms. The zero-order valence-electron chi connectivity index (χ0n) is 4.45. The van der Waals surface area contributed by atoms with Gasteiger partial charge in [0.25, 0.3) is 0 Å². The van der Waals surface area contributed by atoms with Gasteiger partial charge in [-0.15, -0.1) is 0 Å². The van der Waals surface area contributed by atoms with Crippen LogP contribution in [0.4, 0.5) is 17.6 Å². The highest BCUT2D eigenvalue weighted by atomic mass is 19.3. The first-order valence-electron chi connectivity index (χ1n) is 2.27. The van der Waals surface area contributed by atoms with Crippen LogP contribution in [0.1, 0.15) is 6.42 Å². The normalized spacial score (nSPS) is 12.7. The van der Waals surface area contributed by atoms with Gasteiger partial charge < -0.3 is 5.11 Å². The average Bonchev–Trinajstić information content (AvgIpc) is 1.65. The van der Waals surface area contributed by atoms with Gasteiger partial charge in [0.05, 0.1) is 0 Å². The lowest BCUT2D eigenvalue weighted by molar-refractivity contribution is -0.138. The van der Waals surface area contributed by atoms with Crippen molar-refractivity contribution in [3.8, 4) is 0 Å². The summed E-state index contributed by atoms with van der Waals surface area (Å²) in [5, 5.41) is 7.84. The number of halogens is 4. The Balaban J connectivity index is 3.70. The third-order valence-electron chi connectivity index (χ3n) is 0.764. The Morgan fingerprint density at radius 1 is 1.33 bits per heavy atom. The molecule has 0 aromatic carbocycles. The van der Waals surface area contributed by atoms with Crippen LogP contribution in [0, 0.1) is 0 Å². The van der Waals surface area contributed by atoms with Crippen LogP contribution in [-0.4, -0.2) is 24.1 Å². The number of aliphatic hydroxyl groups is 1. The van der Waals surface area contributed by atoms with Crippen molar-refractivity contribution in [1.82, 2.24) is 0 Å². The fraction of sp³-hybridized carbons (Fsp3) is 1.00. The summed E-state index contributed by atoms with van der Waals surface area (Å²) in [6.07, 6.45) is -4.85. The molecule has 0 aliphatic carbocycles. The maximum Gasteiger partial charge on any atom is 0.309 e. The number of rotatable bonds is 3. The molecular formula is C4H6F4O. The quantitative estimate of drug-likeness (QED) is 0.594. The van der Waals surface area contributed by atoms with Gasteiger partial charge in [0.2, 0.25) is 0 Å². The molecule has 0 spiro atoms. The fourth-order valence-electron chi connectivity index (χ4n) is 0.258. The molecule has 0 rings (SSSR count). The summed E-state index contributed by atoms with van der Waals surface area (Å²) >= 11 is 0. The zero-order chi connectivity index (χ0) is 7.49. The standard InChI is InChI=1S/C4H6F4O/c5-3(6)4(7,8)1-2-9/h3,9H,1-2H2. The van der Waals surface area contributed by atoms with E-state index in [9.17, 15) is 17.6 Å². The summed E-state index contributed by atoms with van der Waals surface area (Å²) in [5.41, 5.74) is 0. The second-order valence-electron chi connectivity index (χ2n) is 1.54. The van der Waals surface area contributed by atoms with E-state index in [4.69, 9.17) is 5.11 Å². The minimum absolute atomic E-state index is 0.919. The van der Waals surface area contributed by atoms with Crippen molar-refractivity contribution >= 4 is 0 Å². The highest BCUT2D eigenvalue weighted by molar-refractivity contribution is 4.67. The summed E-state index contributed by atoms with van der Waals surface area (Å²) in [7, 11) is 0. The molecule has 0 unspecified atom stereocenters. The average molecular weight is 146 g/mol. The lowest BCUT2D eigenvalue weighted by Gasteiger charge is -2.12. The predicted octanol–water partition coefficient (Wildman–Crippen LogP) is 1.27. The van der Waals surface area contributed by atoms with E-state index in [1.807, 2.05) is 0 Å². The number of hydrogen-bond donors (Lipinski definition) is 1. The molecule has 0 aliphatic heterocycles. The highest BCUT2D eigenvalue weighted by Crippen LogP contribution is 2.25. The Labute approximate surface area is 49.3 Å². The highest BCUT2D eigenvalue weighted by Gasteiger charge is 2.39. The smallest absolute Gasteiger partial charge is 0.309 e.